The molecule has 1 aromatic rings. The van der Waals surface area contributed by atoms with Crippen LogP contribution in [0.3, 0.4) is 0 Å². The van der Waals surface area contributed by atoms with Crippen LogP contribution in [0.4, 0.5) is 0 Å². The van der Waals surface area contributed by atoms with Crippen LogP contribution < -0.4 is 10.1 Å². The van der Waals surface area contributed by atoms with Crippen LogP contribution in [0.2, 0.25) is 0 Å². The predicted octanol–water partition coefficient (Wildman–Crippen LogP) is 2.55. The number of rotatable bonds is 8. The molecule has 1 N–H and O–H groups in total. The van der Waals surface area contributed by atoms with Crippen molar-refractivity contribution in [3.8, 4) is 5.88 Å². The molecule has 21 heavy (non-hydrogen) atoms. The number of pyridine rings is 1. The van der Waals surface area contributed by atoms with E-state index < -0.39 is 0 Å². The Morgan fingerprint density at radius 2 is 1.95 bits per heavy atom. The van der Waals surface area contributed by atoms with E-state index in [-0.39, 0.29) is 24.6 Å². The predicted molar refractivity (Wildman–Crippen MR) is 82.1 cm³/mol. The van der Waals surface area contributed by atoms with Gasteiger partial charge in [0.05, 0.1) is 5.92 Å². The molecule has 0 aromatic carbocycles. The van der Waals surface area contributed by atoms with E-state index in [4.69, 9.17) is 9.47 Å². The van der Waals surface area contributed by atoms with Crippen molar-refractivity contribution in [1.29, 1.82) is 0 Å². The fraction of sp³-hybridized carbons (Fsp3) is 0.625. The van der Waals surface area contributed by atoms with E-state index >= 15 is 0 Å². The number of hydrogen-bond acceptors (Lipinski definition) is 5. The van der Waals surface area contributed by atoms with E-state index in [0.717, 1.165) is 12.1 Å². The van der Waals surface area contributed by atoms with E-state index in [1.54, 1.807) is 12.3 Å². The topological polar surface area (TPSA) is 60.5 Å². The minimum atomic E-state index is -0.205. The lowest BCUT2D eigenvalue weighted by Gasteiger charge is -2.16. The monoisotopic (exact) mass is 294 g/mol. The molecule has 0 aliphatic rings. The van der Waals surface area contributed by atoms with E-state index in [9.17, 15) is 4.79 Å². The van der Waals surface area contributed by atoms with Crippen molar-refractivity contribution in [2.75, 3.05) is 6.54 Å². The van der Waals surface area contributed by atoms with Gasteiger partial charge in [-0.2, -0.15) is 0 Å². The molecule has 1 rings (SSSR count). The summed E-state index contributed by atoms with van der Waals surface area (Å²) in [6.07, 6.45) is 1.72. The van der Waals surface area contributed by atoms with Crippen molar-refractivity contribution in [2.24, 2.45) is 5.92 Å². The van der Waals surface area contributed by atoms with Crippen LogP contribution in [0.5, 0.6) is 5.88 Å². The molecule has 118 valence electrons. The molecule has 5 heteroatoms. The molecule has 0 spiro atoms. The number of nitrogens with one attached hydrogen (secondary N) is 1. The second-order valence-corrected chi connectivity index (χ2v) is 5.76. The van der Waals surface area contributed by atoms with Gasteiger partial charge < -0.3 is 14.8 Å². The molecule has 0 radical (unpaired) electrons. The Morgan fingerprint density at radius 3 is 2.48 bits per heavy atom. The van der Waals surface area contributed by atoms with E-state index in [2.05, 4.69) is 24.1 Å². The second-order valence-electron chi connectivity index (χ2n) is 5.76. The average Bonchev–Trinajstić information content (AvgIpc) is 2.44. The zero-order valence-electron chi connectivity index (χ0n) is 13.6. The van der Waals surface area contributed by atoms with Crippen LogP contribution in [0.1, 0.15) is 40.2 Å². The summed E-state index contributed by atoms with van der Waals surface area (Å²) in [5, 5.41) is 3.31. The third-order valence-corrected chi connectivity index (χ3v) is 2.79. The minimum absolute atomic E-state index is 0.0459. The molecular formula is C16H26N2O3. The largest absolute Gasteiger partial charge is 0.473 e. The van der Waals surface area contributed by atoms with Crippen LogP contribution in [0.15, 0.2) is 18.3 Å². The SMILES string of the molecule is CC(C)NC[C@@H](C)Oc1ccc(COC(=O)C(C)C)cn1. The number of esters is 1. The van der Waals surface area contributed by atoms with Gasteiger partial charge in [0.25, 0.3) is 0 Å². The van der Waals surface area contributed by atoms with Crippen LogP contribution in [0.25, 0.3) is 0 Å². The van der Waals surface area contributed by atoms with Gasteiger partial charge in [0.2, 0.25) is 5.88 Å². The maximum atomic E-state index is 11.4. The van der Waals surface area contributed by atoms with Crippen LogP contribution in [0, 0.1) is 5.92 Å². The van der Waals surface area contributed by atoms with E-state index in [1.165, 1.54) is 0 Å². The van der Waals surface area contributed by atoms with Crippen molar-refractivity contribution >= 4 is 5.97 Å². The molecule has 1 heterocycles. The molecular weight excluding hydrogens is 268 g/mol. The molecule has 1 aromatic heterocycles. The summed E-state index contributed by atoms with van der Waals surface area (Å²) in [7, 11) is 0. The van der Waals surface area contributed by atoms with Gasteiger partial charge in [0.1, 0.15) is 12.7 Å². The normalized spacial score (nSPS) is 12.5. The first kappa shape index (κ1) is 17.4. The van der Waals surface area contributed by atoms with Gasteiger partial charge >= 0.3 is 5.97 Å². The smallest absolute Gasteiger partial charge is 0.308 e. The average molecular weight is 294 g/mol. The van der Waals surface area contributed by atoms with Gasteiger partial charge in [0.15, 0.2) is 0 Å². The molecule has 5 nitrogen and oxygen atoms in total. The number of carbonyl (C=O) groups excluding carboxylic acids is 1. The number of nitrogens with zero attached hydrogens (tertiary/aromatic N) is 1. The van der Waals surface area contributed by atoms with Crippen LogP contribution in [-0.2, 0) is 16.1 Å². The van der Waals surface area contributed by atoms with Crippen molar-refractivity contribution < 1.29 is 14.3 Å². The fourth-order valence-corrected chi connectivity index (χ4v) is 1.54. The summed E-state index contributed by atoms with van der Waals surface area (Å²) in [5.41, 5.74) is 0.851. The van der Waals surface area contributed by atoms with Gasteiger partial charge in [-0.15, -0.1) is 0 Å². The van der Waals surface area contributed by atoms with Crippen molar-refractivity contribution in [2.45, 2.75) is 53.4 Å². The number of ether oxygens (including phenoxy) is 2. The van der Waals surface area contributed by atoms with Crippen LogP contribution in [-0.4, -0.2) is 29.6 Å². The number of carbonyl (C=O) groups is 1. The summed E-state index contributed by atoms with van der Waals surface area (Å²) in [4.78, 5) is 15.6. The Morgan fingerprint density at radius 1 is 1.24 bits per heavy atom. The number of aromatic nitrogens is 1. The van der Waals surface area contributed by atoms with Gasteiger partial charge in [-0.3, -0.25) is 4.79 Å². The Hall–Kier alpha value is -1.62. The van der Waals surface area contributed by atoms with Gasteiger partial charge in [-0.25, -0.2) is 4.98 Å². The highest BCUT2D eigenvalue weighted by atomic mass is 16.5. The molecule has 0 unspecified atom stereocenters. The Bertz CT molecular complexity index is 430. The Balaban J connectivity index is 2.41. The molecule has 0 aliphatic heterocycles. The first-order valence-electron chi connectivity index (χ1n) is 7.40. The van der Waals surface area contributed by atoms with Gasteiger partial charge in [-0.1, -0.05) is 27.7 Å². The van der Waals surface area contributed by atoms with Crippen molar-refractivity contribution in [3.05, 3.63) is 23.9 Å². The maximum absolute atomic E-state index is 11.4. The van der Waals surface area contributed by atoms with Crippen molar-refractivity contribution in [3.63, 3.8) is 0 Å². The summed E-state index contributed by atoms with van der Waals surface area (Å²) >= 11 is 0. The van der Waals surface area contributed by atoms with Crippen LogP contribution >= 0.6 is 0 Å². The third-order valence-electron chi connectivity index (χ3n) is 2.79. The zero-order valence-corrected chi connectivity index (χ0v) is 13.6. The van der Waals surface area contributed by atoms with Gasteiger partial charge in [-0.05, 0) is 13.0 Å². The lowest BCUT2D eigenvalue weighted by molar-refractivity contribution is -0.148. The van der Waals surface area contributed by atoms with Crippen molar-refractivity contribution in [1.82, 2.24) is 10.3 Å². The summed E-state index contributed by atoms with van der Waals surface area (Å²) < 4.78 is 10.8. The standard InChI is InChI=1S/C16H26N2O3/c1-11(2)16(19)20-10-14-6-7-15(18-9-14)21-13(5)8-17-12(3)4/h6-7,9,11-13,17H,8,10H2,1-5H3/t13-/m1/s1. The molecule has 0 saturated carbocycles. The highest BCUT2D eigenvalue weighted by Crippen LogP contribution is 2.11. The molecule has 0 aliphatic carbocycles. The lowest BCUT2D eigenvalue weighted by Crippen LogP contribution is -2.33. The highest BCUT2D eigenvalue weighted by molar-refractivity contribution is 5.71. The number of hydrogen-bond donors (Lipinski definition) is 1. The molecule has 0 saturated heterocycles. The molecule has 0 bridgehead atoms. The summed E-state index contributed by atoms with van der Waals surface area (Å²) in [5.74, 6) is 0.255. The minimum Gasteiger partial charge on any atom is -0.473 e. The highest BCUT2D eigenvalue weighted by Gasteiger charge is 2.09. The first-order chi connectivity index (χ1) is 9.88. The first-order valence-corrected chi connectivity index (χ1v) is 7.40. The molecule has 0 fully saturated rings. The summed E-state index contributed by atoms with van der Waals surface area (Å²) in [6, 6.07) is 4.09. The second kappa shape index (κ2) is 8.62. The lowest BCUT2D eigenvalue weighted by atomic mass is 10.2. The summed E-state index contributed by atoms with van der Waals surface area (Å²) in [6.45, 7) is 10.8. The van der Waals surface area contributed by atoms with E-state index in [1.807, 2.05) is 26.8 Å². The Kier molecular flexibility index (Phi) is 7.15. The quantitative estimate of drug-likeness (QED) is 0.747. The third kappa shape index (κ3) is 7.09. The zero-order chi connectivity index (χ0) is 15.8. The van der Waals surface area contributed by atoms with E-state index in [0.29, 0.717) is 11.9 Å². The Labute approximate surface area is 127 Å². The molecule has 0 amide bonds. The van der Waals surface area contributed by atoms with Gasteiger partial charge in [0, 0.05) is 30.4 Å². The molecule has 1 atom stereocenters. The fourth-order valence-electron chi connectivity index (χ4n) is 1.54. The maximum Gasteiger partial charge on any atom is 0.308 e.